The van der Waals surface area contributed by atoms with Crippen molar-refractivity contribution in [1.29, 1.82) is 0 Å². The van der Waals surface area contributed by atoms with E-state index in [4.69, 9.17) is 4.74 Å². The van der Waals surface area contributed by atoms with Gasteiger partial charge >= 0.3 is 0 Å². The van der Waals surface area contributed by atoms with Gasteiger partial charge in [-0.25, -0.2) is 0 Å². The predicted octanol–water partition coefficient (Wildman–Crippen LogP) is 5.11. The lowest BCUT2D eigenvalue weighted by Crippen LogP contribution is -2.30. The van der Waals surface area contributed by atoms with E-state index in [9.17, 15) is 14.7 Å². The van der Waals surface area contributed by atoms with Crippen LogP contribution in [0.25, 0.3) is 5.76 Å². The van der Waals surface area contributed by atoms with E-state index < -0.39 is 17.7 Å². The summed E-state index contributed by atoms with van der Waals surface area (Å²) in [6.07, 6.45) is 3.25. The number of carbonyl (C=O) groups excluding carboxylic acids is 2. The Labute approximate surface area is 193 Å². The molecule has 1 aliphatic rings. The SMILES string of the molecule is Cc1ccc(N2C(=O)C(=O)/C(=C(/O)c3ccc(OC(C)C)cc3)C2c2cccnc2)c(C)c1. The Hall–Kier alpha value is -3.93. The van der Waals surface area contributed by atoms with Crippen LogP contribution in [-0.4, -0.2) is 27.9 Å². The van der Waals surface area contributed by atoms with Crippen molar-refractivity contribution < 1.29 is 19.4 Å². The zero-order chi connectivity index (χ0) is 23.7. The van der Waals surface area contributed by atoms with E-state index in [1.807, 2.05) is 45.9 Å². The number of nitrogens with zero attached hydrogens (tertiary/aromatic N) is 2. The van der Waals surface area contributed by atoms with Crippen molar-refractivity contribution in [2.24, 2.45) is 0 Å². The summed E-state index contributed by atoms with van der Waals surface area (Å²) in [5, 5.41) is 11.2. The molecular formula is C27H26N2O4. The third-order valence-corrected chi connectivity index (χ3v) is 5.56. The Morgan fingerprint density at radius 3 is 2.39 bits per heavy atom. The van der Waals surface area contributed by atoms with E-state index in [2.05, 4.69) is 4.98 Å². The lowest BCUT2D eigenvalue weighted by atomic mass is 9.96. The highest BCUT2D eigenvalue weighted by atomic mass is 16.5. The summed E-state index contributed by atoms with van der Waals surface area (Å²) in [4.78, 5) is 32.1. The van der Waals surface area contributed by atoms with Crippen molar-refractivity contribution in [2.45, 2.75) is 39.8 Å². The molecule has 33 heavy (non-hydrogen) atoms. The average Bonchev–Trinajstić information content (AvgIpc) is 3.05. The van der Waals surface area contributed by atoms with Gasteiger partial charge in [0.15, 0.2) is 0 Å². The number of ether oxygens (including phenoxy) is 1. The van der Waals surface area contributed by atoms with Gasteiger partial charge in [-0.1, -0.05) is 23.8 Å². The molecular weight excluding hydrogens is 416 g/mol. The van der Waals surface area contributed by atoms with Crippen LogP contribution in [0, 0.1) is 13.8 Å². The normalized spacial score (nSPS) is 17.6. The molecule has 1 atom stereocenters. The van der Waals surface area contributed by atoms with Crippen LogP contribution >= 0.6 is 0 Å². The number of pyridine rings is 1. The number of hydrogen-bond acceptors (Lipinski definition) is 5. The average molecular weight is 443 g/mol. The first-order chi connectivity index (χ1) is 15.8. The predicted molar refractivity (Wildman–Crippen MR) is 127 cm³/mol. The van der Waals surface area contributed by atoms with Gasteiger partial charge in [-0.15, -0.1) is 0 Å². The van der Waals surface area contributed by atoms with Crippen LogP contribution in [0.5, 0.6) is 5.75 Å². The highest BCUT2D eigenvalue weighted by molar-refractivity contribution is 6.51. The van der Waals surface area contributed by atoms with Gasteiger partial charge in [-0.2, -0.15) is 0 Å². The number of aliphatic hydroxyl groups excluding tert-OH is 1. The molecule has 1 unspecified atom stereocenters. The lowest BCUT2D eigenvalue weighted by Gasteiger charge is -2.26. The highest BCUT2D eigenvalue weighted by Crippen LogP contribution is 2.43. The quantitative estimate of drug-likeness (QED) is 0.337. The van der Waals surface area contributed by atoms with Crippen molar-refractivity contribution in [3.63, 3.8) is 0 Å². The molecule has 1 amide bonds. The number of aryl methyl sites for hydroxylation is 2. The van der Waals surface area contributed by atoms with Crippen molar-refractivity contribution in [2.75, 3.05) is 4.90 Å². The van der Waals surface area contributed by atoms with Crippen LogP contribution in [0.2, 0.25) is 0 Å². The van der Waals surface area contributed by atoms with E-state index in [1.165, 1.54) is 4.90 Å². The molecule has 4 rings (SSSR count). The van der Waals surface area contributed by atoms with Gasteiger partial charge in [0, 0.05) is 23.6 Å². The zero-order valence-corrected chi connectivity index (χ0v) is 19.1. The standard InChI is InChI=1S/C27H26N2O4/c1-16(2)33-21-10-8-19(9-11-21)25(30)23-24(20-6-5-13-28-15-20)29(27(32)26(23)31)22-12-7-17(3)14-18(22)4/h5-16,24,30H,1-4H3/b25-23+. The summed E-state index contributed by atoms with van der Waals surface area (Å²) in [5.41, 5.74) is 3.63. The second-order valence-corrected chi connectivity index (χ2v) is 8.44. The van der Waals surface area contributed by atoms with E-state index in [-0.39, 0.29) is 17.4 Å². The number of anilines is 1. The van der Waals surface area contributed by atoms with Crippen molar-refractivity contribution in [3.05, 3.63) is 94.8 Å². The second kappa shape index (κ2) is 8.90. The Morgan fingerprint density at radius 2 is 1.79 bits per heavy atom. The molecule has 2 aromatic carbocycles. The van der Waals surface area contributed by atoms with Crippen molar-refractivity contribution >= 4 is 23.1 Å². The maximum Gasteiger partial charge on any atom is 0.300 e. The first-order valence-corrected chi connectivity index (χ1v) is 10.8. The monoisotopic (exact) mass is 442 g/mol. The topological polar surface area (TPSA) is 79.7 Å². The molecule has 0 saturated carbocycles. The number of Topliss-reactive ketones (excluding diaryl/α,β-unsaturated/α-hetero) is 1. The summed E-state index contributed by atoms with van der Waals surface area (Å²) >= 11 is 0. The van der Waals surface area contributed by atoms with Gasteiger partial charge in [0.2, 0.25) is 0 Å². The third-order valence-electron chi connectivity index (χ3n) is 5.56. The molecule has 0 radical (unpaired) electrons. The Balaban J connectivity index is 1.87. The number of benzene rings is 2. The van der Waals surface area contributed by atoms with Crippen LogP contribution in [0.3, 0.4) is 0 Å². The minimum absolute atomic E-state index is 0.0121. The van der Waals surface area contributed by atoms with Gasteiger partial charge in [0.25, 0.3) is 11.7 Å². The molecule has 1 aliphatic heterocycles. The molecule has 1 N–H and O–H groups in total. The van der Waals surface area contributed by atoms with Crippen LogP contribution < -0.4 is 9.64 Å². The molecule has 6 nitrogen and oxygen atoms in total. The zero-order valence-electron chi connectivity index (χ0n) is 19.1. The summed E-state index contributed by atoms with van der Waals surface area (Å²) < 4.78 is 5.67. The van der Waals surface area contributed by atoms with Crippen LogP contribution in [0.15, 0.2) is 72.6 Å². The van der Waals surface area contributed by atoms with E-state index in [0.717, 1.165) is 11.1 Å². The molecule has 0 aliphatic carbocycles. The molecule has 1 saturated heterocycles. The molecule has 1 fully saturated rings. The van der Waals surface area contributed by atoms with Gasteiger partial charge in [-0.05, 0) is 75.2 Å². The summed E-state index contributed by atoms with van der Waals surface area (Å²) in [6, 6.07) is 15.3. The number of hydrogen-bond donors (Lipinski definition) is 1. The second-order valence-electron chi connectivity index (χ2n) is 8.44. The smallest absolute Gasteiger partial charge is 0.300 e. The number of aliphatic hydroxyl groups is 1. The minimum atomic E-state index is -0.799. The van der Waals surface area contributed by atoms with Crippen LogP contribution in [0.1, 0.15) is 42.1 Å². The molecule has 2 heterocycles. The lowest BCUT2D eigenvalue weighted by molar-refractivity contribution is -0.132. The van der Waals surface area contributed by atoms with Crippen LogP contribution in [0.4, 0.5) is 5.69 Å². The fraction of sp³-hybridized carbons (Fsp3) is 0.222. The number of aromatic nitrogens is 1. The van der Waals surface area contributed by atoms with Gasteiger partial charge in [0.1, 0.15) is 11.5 Å². The number of rotatable bonds is 5. The van der Waals surface area contributed by atoms with Crippen LogP contribution in [-0.2, 0) is 9.59 Å². The maximum absolute atomic E-state index is 13.2. The van der Waals surface area contributed by atoms with Crippen molar-refractivity contribution in [3.8, 4) is 5.75 Å². The fourth-order valence-electron chi connectivity index (χ4n) is 4.13. The number of amides is 1. The highest BCUT2D eigenvalue weighted by Gasteiger charge is 2.47. The molecule has 3 aromatic rings. The minimum Gasteiger partial charge on any atom is -0.507 e. The number of ketones is 1. The first-order valence-electron chi connectivity index (χ1n) is 10.8. The molecule has 6 heteroatoms. The number of carbonyl (C=O) groups is 2. The van der Waals surface area contributed by atoms with Gasteiger partial charge < -0.3 is 9.84 Å². The Kier molecular flexibility index (Phi) is 6.01. The molecule has 168 valence electrons. The Bertz CT molecular complexity index is 1230. The first kappa shape index (κ1) is 22.3. The van der Waals surface area contributed by atoms with E-state index in [1.54, 1.807) is 48.8 Å². The van der Waals surface area contributed by atoms with Gasteiger partial charge in [-0.3, -0.25) is 19.5 Å². The molecule has 1 aromatic heterocycles. The summed E-state index contributed by atoms with van der Waals surface area (Å²) in [7, 11) is 0. The summed E-state index contributed by atoms with van der Waals surface area (Å²) in [5.74, 6) is -0.993. The van der Waals surface area contributed by atoms with Crippen molar-refractivity contribution in [1.82, 2.24) is 4.98 Å². The third kappa shape index (κ3) is 4.24. The molecule has 0 bridgehead atoms. The fourth-order valence-corrected chi connectivity index (χ4v) is 4.13. The summed E-state index contributed by atoms with van der Waals surface area (Å²) in [6.45, 7) is 7.72. The molecule has 0 spiro atoms. The van der Waals surface area contributed by atoms with Gasteiger partial charge in [0.05, 0.1) is 17.7 Å². The maximum atomic E-state index is 13.2. The Morgan fingerprint density at radius 1 is 1.06 bits per heavy atom. The van der Waals surface area contributed by atoms with E-state index >= 15 is 0 Å². The largest absolute Gasteiger partial charge is 0.507 e. The van der Waals surface area contributed by atoms with E-state index in [0.29, 0.717) is 22.6 Å².